The van der Waals surface area contributed by atoms with Crippen LogP contribution in [0.25, 0.3) is 0 Å². The highest BCUT2D eigenvalue weighted by molar-refractivity contribution is 5.98. The number of aliphatic hydroxyl groups excluding tert-OH is 1. The molecular formula is C39H57N3O8. The number of ether oxygens (including phenoxy) is 3. The molecule has 1 aromatic rings. The highest BCUT2D eigenvalue weighted by Crippen LogP contribution is 2.59. The number of rotatable bonds is 23. The molecule has 0 saturated carbocycles. The van der Waals surface area contributed by atoms with Crippen molar-refractivity contribution in [1.82, 2.24) is 15.1 Å². The average Bonchev–Trinajstić information content (AvgIpc) is 3.76. The molecular weight excluding hydrogens is 638 g/mol. The first-order chi connectivity index (χ1) is 24.3. The summed E-state index contributed by atoms with van der Waals surface area (Å²) in [6.45, 7) is 11.1. The number of fused-ring (bicyclic) bond motifs is 1. The number of unbranched alkanes of at least 4 members (excludes halogenated alkanes) is 5. The number of benzene rings is 1. The molecule has 11 nitrogen and oxygen atoms in total. The van der Waals surface area contributed by atoms with Gasteiger partial charge in [0.25, 0.3) is 0 Å². The van der Waals surface area contributed by atoms with E-state index in [2.05, 4.69) is 25.4 Å². The Morgan fingerprint density at radius 2 is 1.88 bits per heavy atom. The van der Waals surface area contributed by atoms with Crippen LogP contribution >= 0.6 is 0 Å². The zero-order chi connectivity index (χ0) is 36.1. The third-order valence-electron chi connectivity index (χ3n) is 10.3. The zero-order valence-corrected chi connectivity index (χ0v) is 29.9. The van der Waals surface area contributed by atoms with E-state index in [1.165, 1.54) is 7.11 Å². The Bertz CT molecular complexity index is 1310. The van der Waals surface area contributed by atoms with Gasteiger partial charge in [0.2, 0.25) is 17.7 Å². The molecule has 3 heterocycles. The summed E-state index contributed by atoms with van der Waals surface area (Å²) in [7, 11) is 1.52. The number of nitrogens with zero attached hydrogens (tertiary/aromatic N) is 2. The second kappa shape index (κ2) is 19.2. The maximum Gasteiger partial charge on any atom is 0.313 e. The number of aliphatic hydroxyl groups is 1. The normalized spacial score (nSPS) is 24.8. The number of methoxy groups -OCH3 is 1. The van der Waals surface area contributed by atoms with Gasteiger partial charge in [0, 0.05) is 39.8 Å². The Kier molecular flexibility index (Phi) is 15.1. The molecule has 2 bridgehead atoms. The highest BCUT2D eigenvalue weighted by atomic mass is 16.6. The van der Waals surface area contributed by atoms with Crippen LogP contribution in [0.5, 0.6) is 0 Å². The number of nitrogens with one attached hydrogen (secondary N) is 1. The van der Waals surface area contributed by atoms with Crippen LogP contribution in [0.15, 0.2) is 55.6 Å². The first-order valence-corrected chi connectivity index (χ1v) is 18.4. The van der Waals surface area contributed by atoms with Crippen molar-refractivity contribution >= 4 is 23.7 Å². The van der Waals surface area contributed by atoms with Crippen LogP contribution < -0.4 is 5.32 Å². The average molecular weight is 696 g/mol. The minimum atomic E-state index is -1.15. The molecule has 276 valence electrons. The van der Waals surface area contributed by atoms with Crippen LogP contribution in [-0.2, 0) is 33.4 Å². The lowest BCUT2D eigenvalue weighted by atomic mass is 9.70. The summed E-state index contributed by atoms with van der Waals surface area (Å²) < 4.78 is 18.5. The molecule has 0 aliphatic carbocycles. The summed E-state index contributed by atoms with van der Waals surface area (Å²) in [5.74, 6) is -3.04. The van der Waals surface area contributed by atoms with E-state index in [0.717, 1.165) is 32.1 Å². The second-order valence-electron chi connectivity index (χ2n) is 13.7. The molecule has 3 aliphatic heterocycles. The number of carbonyl (C=O) groups excluding carboxylic acids is 4. The predicted molar refractivity (Wildman–Crippen MR) is 190 cm³/mol. The van der Waals surface area contributed by atoms with Gasteiger partial charge in [-0.25, -0.2) is 0 Å². The first-order valence-electron chi connectivity index (χ1n) is 18.4. The minimum absolute atomic E-state index is 0.0847. The van der Waals surface area contributed by atoms with Crippen LogP contribution in [0.2, 0.25) is 0 Å². The Hall–Kier alpha value is -3.54. The second-order valence-corrected chi connectivity index (χ2v) is 13.7. The Morgan fingerprint density at radius 3 is 2.56 bits per heavy atom. The first kappa shape index (κ1) is 39.2. The molecule has 7 atom stereocenters. The van der Waals surface area contributed by atoms with Gasteiger partial charge in [-0.15, -0.1) is 13.2 Å². The maximum atomic E-state index is 14.5. The molecule has 50 heavy (non-hydrogen) atoms. The molecule has 4 rings (SSSR count). The number of hydrogen-bond donors (Lipinski definition) is 2. The largest absolute Gasteiger partial charge is 0.455 e. The number of amides is 3. The molecule has 1 aromatic carbocycles. The summed E-state index contributed by atoms with van der Waals surface area (Å²) in [4.78, 5) is 59.7. The van der Waals surface area contributed by atoms with Crippen LogP contribution in [-0.4, -0.2) is 102 Å². The molecule has 1 spiro atoms. The third kappa shape index (κ3) is 8.84. The molecule has 3 saturated heterocycles. The third-order valence-corrected chi connectivity index (χ3v) is 10.3. The molecule has 3 aliphatic rings. The number of likely N-dealkylation sites (tertiary alicyclic amines) is 1. The van der Waals surface area contributed by atoms with E-state index in [-0.39, 0.29) is 37.4 Å². The van der Waals surface area contributed by atoms with Crippen molar-refractivity contribution in [3.63, 3.8) is 0 Å². The van der Waals surface area contributed by atoms with Crippen molar-refractivity contribution < 1.29 is 38.5 Å². The van der Waals surface area contributed by atoms with E-state index in [9.17, 15) is 24.3 Å². The van der Waals surface area contributed by atoms with Gasteiger partial charge < -0.3 is 34.4 Å². The van der Waals surface area contributed by atoms with Crippen molar-refractivity contribution in [1.29, 1.82) is 0 Å². The Labute approximate surface area is 297 Å². The van der Waals surface area contributed by atoms with E-state index >= 15 is 0 Å². The van der Waals surface area contributed by atoms with Crippen LogP contribution in [0.3, 0.4) is 0 Å². The number of carbonyl (C=O) groups is 4. The zero-order valence-electron chi connectivity index (χ0n) is 29.9. The van der Waals surface area contributed by atoms with Gasteiger partial charge in [0.1, 0.15) is 17.7 Å². The Morgan fingerprint density at radius 1 is 1.12 bits per heavy atom. The summed E-state index contributed by atoms with van der Waals surface area (Å²) in [6.07, 6.45) is 9.38. The van der Waals surface area contributed by atoms with E-state index in [1.54, 1.807) is 22.0 Å². The molecule has 3 fully saturated rings. The SMILES string of the molecule is C=CCCC(=O)N[C@H](COC)[C@H](OC(=O)[C@@H]1[C@@H]2CC[C@]3(O2)[C@H](C(=O)N(CC=C)CCCCC)N(CCCCCCO)C(=O)[C@@H]13)c1ccccc1. The monoisotopic (exact) mass is 695 g/mol. The fourth-order valence-corrected chi connectivity index (χ4v) is 7.99. The van der Waals surface area contributed by atoms with E-state index < -0.39 is 47.7 Å². The fraction of sp³-hybridized carbons (Fsp3) is 0.641. The lowest BCUT2D eigenvalue weighted by Gasteiger charge is -2.37. The van der Waals surface area contributed by atoms with E-state index in [0.29, 0.717) is 57.3 Å². The molecule has 0 aromatic heterocycles. The van der Waals surface area contributed by atoms with Crippen molar-refractivity contribution in [3.05, 3.63) is 61.2 Å². The molecule has 2 N–H and O–H groups in total. The lowest BCUT2D eigenvalue weighted by molar-refractivity contribution is -0.163. The number of esters is 1. The van der Waals surface area contributed by atoms with Gasteiger partial charge in [-0.1, -0.05) is 75.1 Å². The molecule has 0 radical (unpaired) electrons. The summed E-state index contributed by atoms with van der Waals surface area (Å²) >= 11 is 0. The standard InChI is InChI=1S/C39H57N3O8/c1-5-8-15-24-41(23-7-3)37(46)35-39-22-21-30(50-39)32(33(39)36(45)42(35)25-16-10-11-17-26-43)38(47)49-34(28-18-13-12-14-19-28)29(27-48-4)40-31(44)20-9-6-2/h6-7,12-14,18-19,29-30,32-35,43H,2-3,5,8-11,15-17,20-27H2,1,4H3,(H,40,44)/t29-,30+,32-,33-,34-,35+,39-/m1/s1. The van der Waals surface area contributed by atoms with Gasteiger partial charge in [-0.05, 0) is 44.1 Å². The van der Waals surface area contributed by atoms with E-state index in [1.807, 2.05) is 30.3 Å². The van der Waals surface area contributed by atoms with Gasteiger partial charge >= 0.3 is 5.97 Å². The van der Waals surface area contributed by atoms with Crippen LogP contribution in [0, 0.1) is 11.8 Å². The highest BCUT2D eigenvalue weighted by Gasteiger charge is 2.75. The van der Waals surface area contributed by atoms with Crippen LogP contribution in [0.4, 0.5) is 0 Å². The minimum Gasteiger partial charge on any atom is -0.455 e. The number of hydrogen-bond acceptors (Lipinski definition) is 8. The summed E-state index contributed by atoms with van der Waals surface area (Å²) in [5, 5.41) is 12.2. The Balaban J connectivity index is 1.65. The predicted octanol–water partition coefficient (Wildman–Crippen LogP) is 4.50. The van der Waals surface area contributed by atoms with Crippen molar-refractivity contribution in [3.8, 4) is 0 Å². The number of allylic oxidation sites excluding steroid dienone is 1. The van der Waals surface area contributed by atoms with Crippen molar-refractivity contribution in [2.75, 3.05) is 40.0 Å². The summed E-state index contributed by atoms with van der Waals surface area (Å²) in [6, 6.07) is 7.62. The lowest BCUT2D eigenvalue weighted by Crippen LogP contribution is -2.56. The fourth-order valence-electron chi connectivity index (χ4n) is 7.99. The van der Waals surface area contributed by atoms with Gasteiger partial charge in [0.05, 0.1) is 30.6 Å². The molecule has 3 amide bonds. The molecule has 11 heteroatoms. The van der Waals surface area contributed by atoms with Gasteiger partial charge in [0.15, 0.2) is 0 Å². The smallest absolute Gasteiger partial charge is 0.313 e. The molecule has 0 unspecified atom stereocenters. The van der Waals surface area contributed by atoms with Crippen molar-refractivity contribution in [2.45, 2.75) is 107 Å². The maximum absolute atomic E-state index is 14.5. The van der Waals surface area contributed by atoms with Crippen LogP contribution in [0.1, 0.15) is 89.2 Å². The topological polar surface area (TPSA) is 135 Å². The quantitative estimate of drug-likeness (QED) is 0.0972. The summed E-state index contributed by atoms with van der Waals surface area (Å²) in [5.41, 5.74) is -0.474. The van der Waals surface area contributed by atoms with E-state index in [4.69, 9.17) is 14.2 Å². The van der Waals surface area contributed by atoms with Gasteiger partial charge in [-0.2, -0.15) is 0 Å². The van der Waals surface area contributed by atoms with Crippen molar-refractivity contribution in [2.24, 2.45) is 11.8 Å². The van der Waals surface area contributed by atoms with Gasteiger partial charge in [-0.3, -0.25) is 19.2 Å².